The Morgan fingerprint density at radius 2 is 2.20 bits per heavy atom. The fourth-order valence-electron chi connectivity index (χ4n) is 1.89. The van der Waals surface area contributed by atoms with E-state index < -0.39 is 0 Å². The van der Waals surface area contributed by atoms with Gasteiger partial charge in [0.05, 0.1) is 5.75 Å². The quantitative estimate of drug-likeness (QED) is 0.860. The maximum Gasteiger partial charge on any atom is 0.237 e. The second kappa shape index (κ2) is 6.56. The van der Waals surface area contributed by atoms with E-state index >= 15 is 0 Å². The molecule has 0 aliphatic carbocycles. The smallest absolute Gasteiger partial charge is 0.237 e. The van der Waals surface area contributed by atoms with Crippen LogP contribution in [0.5, 0.6) is 0 Å². The van der Waals surface area contributed by atoms with Gasteiger partial charge in [0.1, 0.15) is 5.82 Å². The number of rotatable bonds is 5. The fourth-order valence-corrected chi connectivity index (χ4v) is 2.61. The van der Waals surface area contributed by atoms with Crippen LogP contribution in [0.15, 0.2) is 29.4 Å². The highest BCUT2D eigenvalue weighted by atomic mass is 32.2. The predicted molar refractivity (Wildman–Crippen MR) is 81.0 cm³/mol. The van der Waals surface area contributed by atoms with Crippen LogP contribution in [0.4, 0.5) is 5.69 Å². The van der Waals surface area contributed by atoms with E-state index in [0.29, 0.717) is 17.5 Å². The lowest BCUT2D eigenvalue weighted by molar-refractivity contribution is -0.116. The summed E-state index contributed by atoms with van der Waals surface area (Å²) in [7, 11) is 0. The van der Waals surface area contributed by atoms with Crippen LogP contribution >= 0.6 is 11.8 Å². The van der Waals surface area contributed by atoms with Gasteiger partial charge in [-0.1, -0.05) is 23.9 Å². The van der Waals surface area contributed by atoms with Crippen molar-refractivity contribution in [2.24, 2.45) is 0 Å². The van der Waals surface area contributed by atoms with Crippen molar-refractivity contribution in [2.75, 3.05) is 17.2 Å². The molecule has 0 aliphatic rings. The lowest BCUT2D eigenvalue weighted by Gasteiger charge is -2.21. The molecule has 0 bridgehead atoms. The van der Waals surface area contributed by atoms with Gasteiger partial charge in [-0.2, -0.15) is 0 Å². The SMILES string of the molecule is CCN(C(=O)CSc1n[nH]c(C)n1)c1cccc(C)c1. The molecule has 0 unspecified atom stereocenters. The van der Waals surface area contributed by atoms with Crippen molar-refractivity contribution in [3.8, 4) is 0 Å². The third-order valence-corrected chi connectivity index (χ3v) is 3.66. The van der Waals surface area contributed by atoms with Crippen LogP contribution in [-0.4, -0.2) is 33.4 Å². The van der Waals surface area contributed by atoms with Crippen LogP contribution in [0.1, 0.15) is 18.3 Å². The molecule has 1 N–H and O–H groups in total. The summed E-state index contributed by atoms with van der Waals surface area (Å²) < 4.78 is 0. The lowest BCUT2D eigenvalue weighted by atomic mass is 10.2. The van der Waals surface area contributed by atoms with Crippen molar-refractivity contribution >= 4 is 23.4 Å². The van der Waals surface area contributed by atoms with E-state index in [2.05, 4.69) is 15.2 Å². The minimum atomic E-state index is 0.0607. The Bertz CT molecular complexity index is 596. The molecule has 0 saturated carbocycles. The Morgan fingerprint density at radius 1 is 1.40 bits per heavy atom. The summed E-state index contributed by atoms with van der Waals surface area (Å²) in [4.78, 5) is 18.3. The molecule has 5 nitrogen and oxygen atoms in total. The molecule has 0 aliphatic heterocycles. The molecule has 0 radical (unpaired) electrons. The Hall–Kier alpha value is -1.82. The lowest BCUT2D eigenvalue weighted by Crippen LogP contribution is -2.32. The standard InChI is InChI=1S/C14H18N4OS/c1-4-18(12-7-5-6-10(2)8-12)13(19)9-20-14-15-11(3)16-17-14/h5-8H,4,9H2,1-3H3,(H,15,16,17). The number of aromatic nitrogens is 3. The van der Waals surface area contributed by atoms with Crippen LogP contribution in [0.25, 0.3) is 0 Å². The molecule has 0 fully saturated rings. The third kappa shape index (κ3) is 3.60. The Morgan fingerprint density at radius 3 is 2.80 bits per heavy atom. The van der Waals surface area contributed by atoms with Gasteiger partial charge in [0.15, 0.2) is 0 Å². The van der Waals surface area contributed by atoms with Gasteiger partial charge < -0.3 is 4.90 Å². The van der Waals surface area contributed by atoms with Crippen LogP contribution in [0.3, 0.4) is 0 Å². The zero-order valence-corrected chi connectivity index (χ0v) is 12.7. The zero-order valence-electron chi connectivity index (χ0n) is 11.9. The van der Waals surface area contributed by atoms with Crippen molar-refractivity contribution in [3.05, 3.63) is 35.7 Å². The summed E-state index contributed by atoms with van der Waals surface area (Å²) in [6.07, 6.45) is 0. The third-order valence-electron chi connectivity index (χ3n) is 2.83. The van der Waals surface area contributed by atoms with Crippen LogP contribution < -0.4 is 4.90 Å². The van der Waals surface area contributed by atoms with E-state index in [1.165, 1.54) is 11.8 Å². The number of aromatic amines is 1. The second-order valence-corrected chi connectivity index (χ2v) is 5.41. The minimum absolute atomic E-state index is 0.0607. The molecule has 1 aromatic heterocycles. The molecule has 0 spiro atoms. The van der Waals surface area contributed by atoms with E-state index in [0.717, 1.165) is 17.1 Å². The number of carbonyl (C=O) groups is 1. The first-order valence-electron chi connectivity index (χ1n) is 6.49. The Labute approximate surface area is 122 Å². The fraction of sp³-hybridized carbons (Fsp3) is 0.357. The summed E-state index contributed by atoms with van der Waals surface area (Å²) in [6.45, 7) is 6.48. The summed E-state index contributed by atoms with van der Waals surface area (Å²) in [6, 6.07) is 7.96. The summed E-state index contributed by atoms with van der Waals surface area (Å²) >= 11 is 1.35. The number of carbonyl (C=O) groups excluding carboxylic acids is 1. The summed E-state index contributed by atoms with van der Waals surface area (Å²) in [5.41, 5.74) is 2.08. The molecule has 6 heteroatoms. The van der Waals surface area contributed by atoms with E-state index in [-0.39, 0.29) is 5.91 Å². The van der Waals surface area contributed by atoms with Gasteiger partial charge >= 0.3 is 0 Å². The van der Waals surface area contributed by atoms with Crippen molar-refractivity contribution < 1.29 is 4.79 Å². The van der Waals surface area contributed by atoms with Gasteiger partial charge in [-0.25, -0.2) is 4.98 Å². The van der Waals surface area contributed by atoms with E-state index in [1.807, 2.05) is 45.0 Å². The normalized spacial score (nSPS) is 10.6. The Balaban J connectivity index is 2.02. The van der Waals surface area contributed by atoms with Gasteiger partial charge in [0, 0.05) is 12.2 Å². The molecule has 106 valence electrons. The van der Waals surface area contributed by atoms with Gasteiger partial charge in [-0.05, 0) is 38.5 Å². The second-order valence-electron chi connectivity index (χ2n) is 4.47. The largest absolute Gasteiger partial charge is 0.312 e. The van der Waals surface area contributed by atoms with Gasteiger partial charge in [-0.15, -0.1) is 5.10 Å². The van der Waals surface area contributed by atoms with Crippen molar-refractivity contribution in [1.29, 1.82) is 0 Å². The maximum absolute atomic E-state index is 12.3. The number of nitrogens with zero attached hydrogens (tertiary/aromatic N) is 3. The number of benzene rings is 1. The van der Waals surface area contributed by atoms with E-state index in [1.54, 1.807) is 4.90 Å². The van der Waals surface area contributed by atoms with Gasteiger partial charge in [0.2, 0.25) is 11.1 Å². The Kier molecular flexibility index (Phi) is 4.79. The zero-order chi connectivity index (χ0) is 14.5. The van der Waals surface area contributed by atoms with Gasteiger partial charge in [-0.3, -0.25) is 9.89 Å². The summed E-state index contributed by atoms with van der Waals surface area (Å²) in [5.74, 6) is 1.15. The predicted octanol–water partition coefficient (Wildman–Crippen LogP) is 2.57. The molecular weight excluding hydrogens is 272 g/mol. The van der Waals surface area contributed by atoms with Gasteiger partial charge in [0.25, 0.3) is 0 Å². The highest BCUT2D eigenvalue weighted by Crippen LogP contribution is 2.19. The van der Waals surface area contributed by atoms with Crippen LogP contribution in [0.2, 0.25) is 0 Å². The number of hydrogen-bond acceptors (Lipinski definition) is 4. The van der Waals surface area contributed by atoms with E-state index in [9.17, 15) is 4.79 Å². The molecule has 1 aromatic carbocycles. The molecule has 2 aromatic rings. The van der Waals surface area contributed by atoms with Crippen LogP contribution in [-0.2, 0) is 4.79 Å². The molecule has 0 saturated heterocycles. The number of anilines is 1. The van der Waals surface area contributed by atoms with E-state index in [4.69, 9.17) is 0 Å². The maximum atomic E-state index is 12.3. The molecule has 1 heterocycles. The highest BCUT2D eigenvalue weighted by Gasteiger charge is 2.15. The highest BCUT2D eigenvalue weighted by molar-refractivity contribution is 7.99. The molecular formula is C14H18N4OS. The number of nitrogens with one attached hydrogen (secondary N) is 1. The first-order chi connectivity index (χ1) is 9.60. The minimum Gasteiger partial charge on any atom is -0.312 e. The monoisotopic (exact) mass is 290 g/mol. The molecule has 0 atom stereocenters. The topological polar surface area (TPSA) is 61.9 Å². The number of hydrogen-bond donors (Lipinski definition) is 1. The molecule has 2 rings (SSSR count). The van der Waals surface area contributed by atoms with Crippen LogP contribution in [0, 0.1) is 13.8 Å². The number of aryl methyl sites for hydroxylation is 2. The van der Waals surface area contributed by atoms with Crippen molar-refractivity contribution in [3.63, 3.8) is 0 Å². The number of amides is 1. The van der Waals surface area contributed by atoms with Crippen molar-refractivity contribution in [2.45, 2.75) is 25.9 Å². The van der Waals surface area contributed by atoms with Crippen molar-refractivity contribution in [1.82, 2.24) is 15.2 Å². The number of H-pyrrole nitrogens is 1. The summed E-state index contributed by atoms with van der Waals surface area (Å²) in [5, 5.41) is 7.39. The average molecular weight is 290 g/mol. The first kappa shape index (κ1) is 14.6. The first-order valence-corrected chi connectivity index (χ1v) is 7.47. The number of thioether (sulfide) groups is 1. The average Bonchev–Trinajstić information content (AvgIpc) is 2.83. The molecule has 1 amide bonds. The molecule has 20 heavy (non-hydrogen) atoms.